The topological polar surface area (TPSA) is 46.6 Å². The van der Waals surface area contributed by atoms with E-state index in [2.05, 4.69) is 0 Å². The first-order valence-corrected chi connectivity index (χ1v) is 10.6. The van der Waals surface area contributed by atoms with Crippen molar-refractivity contribution in [2.45, 2.75) is 52.5 Å². The minimum atomic E-state index is -5.24. The van der Waals surface area contributed by atoms with Gasteiger partial charge in [-0.15, -0.1) is 0 Å². The first-order chi connectivity index (χ1) is 15.7. The summed E-state index contributed by atoms with van der Waals surface area (Å²) in [4.78, 5) is 25.4. The van der Waals surface area contributed by atoms with Crippen LogP contribution in [-0.2, 0) is 33.2 Å². The van der Waals surface area contributed by atoms with Crippen LogP contribution in [0.25, 0.3) is 11.1 Å². The van der Waals surface area contributed by atoms with Crippen LogP contribution in [0, 0.1) is 0 Å². The fraction of sp³-hybridized carbons (Fsp3) is 0.417. The summed E-state index contributed by atoms with van der Waals surface area (Å²) in [5, 5.41) is 0. The molecule has 0 aliphatic rings. The number of nitrogens with zero attached hydrogens (tertiary/aromatic N) is 1. The summed E-state index contributed by atoms with van der Waals surface area (Å²) in [5.41, 5.74) is -5.38. The van der Waals surface area contributed by atoms with Crippen molar-refractivity contribution in [2.24, 2.45) is 0 Å². The molecule has 2 aromatic carbocycles. The van der Waals surface area contributed by atoms with Gasteiger partial charge in [0.15, 0.2) is 0 Å². The number of benzene rings is 2. The Kier molecular flexibility index (Phi) is 8.39. The first-order valence-electron chi connectivity index (χ1n) is 10.6. The Morgan fingerprint density at radius 1 is 0.971 bits per heavy atom. The van der Waals surface area contributed by atoms with Crippen LogP contribution in [0.4, 0.5) is 26.3 Å². The van der Waals surface area contributed by atoms with Crippen molar-refractivity contribution < 1.29 is 40.7 Å². The van der Waals surface area contributed by atoms with Crippen LogP contribution in [0.2, 0.25) is 0 Å². The number of alkyl halides is 6. The summed E-state index contributed by atoms with van der Waals surface area (Å²) < 4.78 is 91.0. The lowest BCUT2D eigenvalue weighted by atomic mass is 9.82. The number of esters is 1. The van der Waals surface area contributed by atoms with Gasteiger partial charge in [0.25, 0.3) is 0 Å². The van der Waals surface area contributed by atoms with Crippen molar-refractivity contribution in [1.29, 1.82) is 0 Å². The summed E-state index contributed by atoms with van der Waals surface area (Å²) in [5.74, 6) is -3.63. The van der Waals surface area contributed by atoms with Gasteiger partial charge in [0, 0.05) is 20.0 Å². The van der Waals surface area contributed by atoms with E-state index in [4.69, 9.17) is 4.74 Å². The van der Waals surface area contributed by atoms with E-state index in [0.717, 1.165) is 24.8 Å². The van der Waals surface area contributed by atoms with Gasteiger partial charge in [0.2, 0.25) is 5.91 Å². The van der Waals surface area contributed by atoms with Gasteiger partial charge >= 0.3 is 18.3 Å². The van der Waals surface area contributed by atoms with Crippen molar-refractivity contribution in [3.05, 3.63) is 58.7 Å². The third-order valence-electron chi connectivity index (χ3n) is 5.36. The number of hydrogen-bond acceptors (Lipinski definition) is 3. The molecule has 2 rings (SSSR count). The molecule has 0 saturated carbocycles. The highest BCUT2D eigenvalue weighted by Gasteiger charge is 2.47. The van der Waals surface area contributed by atoms with E-state index in [1.165, 1.54) is 31.2 Å². The smallest absolute Gasteiger partial charge is 0.417 e. The second kappa shape index (κ2) is 10.5. The SMILES string of the molecule is CCOC(=O)C(C)c1c(C(F)(F)F)c(CN(CC)C(C)=O)cc(-c2ccccc2)c1C(F)(F)F. The molecule has 1 unspecified atom stereocenters. The van der Waals surface area contributed by atoms with Gasteiger partial charge in [-0.05, 0) is 49.1 Å². The normalized spacial score (nSPS) is 12.9. The van der Waals surface area contributed by atoms with E-state index in [0.29, 0.717) is 0 Å². The molecule has 4 nitrogen and oxygen atoms in total. The molecule has 186 valence electrons. The van der Waals surface area contributed by atoms with Crippen LogP contribution in [0.5, 0.6) is 0 Å². The molecular formula is C24H25F6NO3. The predicted molar refractivity (Wildman–Crippen MR) is 114 cm³/mol. The minimum Gasteiger partial charge on any atom is -0.466 e. The minimum absolute atomic E-state index is 0.0213. The van der Waals surface area contributed by atoms with Crippen molar-refractivity contribution >= 4 is 11.9 Å². The van der Waals surface area contributed by atoms with Gasteiger partial charge in [-0.2, -0.15) is 26.3 Å². The standard InChI is InChI=1S/C24H25F6NO3/c1-5-31(15(4)32)13-17-12-18(16-10-8-7-9-11-16)21(24(28,29)30)19(20(17)23(25,26)27)14(3)22(33)34-6-2/h7-12,14H,5-6,13H2,1-4H3. The van der Waals surface area contributed by atoms with Gasteiger partial charge in [-0.25, -0.2) is 0 Å². The number of hydrogen-bond donors (Lipinski definition) is 0. The molecule has 1 amide bonds. The maximum absolute atomic E-state index is 14.4. The van der Waals surface area contributed by atoms with E-state index in [9.17, 15) is 35.9 Å². The Balaban J connectivity index is 3.09. The van der Waals surface area contributed by atoms with Crippen LogP contribution in [0.15, 0.2) is 36.4 Å². The quantitative estimate of drug-likeness (QED) is 0.333. The van der Waals surface area contributed by atoms with E-state index in [1.54, 1.807) is 13.0 Å². The molecule has 1 atom stereocenters. The molecule has 0 saturated heterocycles. The molecule has 2 aromatic rings. The number of carbonyl (C=O) groups is 2. The van der Waals surface area contributed by atoms with Gasteiger partial charge in [0.1, 0.15) is 0 Å². The zero-order valence-corrected chi connectivity index (χ0v) is 19.1. The van der Waals surface area contributed by atoms with E-state index in [1.807, 2.05) is 0 Å². The number of rotatable bonds is 7. The Morgan fingerprint density at radius 2 is 1.53 bits per heavy atom. The highest BCUT2D eigenvalue weighted by molar-refractivity contribution is 5.82. The molecule has 0 radical (unpaired) electrons. The van der Waals surface area contributed by atoms with Crippen LogP contribution >= 0.6 is 0 Å². The average Bonchev–Trinajstić information content (AvgIpc) is 2.74. The fourth-order valence-corrected chi connectivity index (χ4v) is 3.84. The Morgan fingerprint density at radius 3 is 1.97 bits per heavy atom. The van der Waals surface area contributed by atoms with E-state index >= 15 is 0 Å². The van der Waals surface area contributed by atoms with E-state index in [-0.39, 0.29) is 18.7 Å². The van der Waals surface area contributed by atoms with Crippen LogP contribution in [0.3, 0.4) is 0 Å². The number of halogens is 6. The summed E-state index contributed by atoms with van der Waals surface area (Å²) in [6, 6.07) is 7.95. The Bertz CT molecular complexity index is 1030. The molecule has 0 heterocycles. The maximum Gasteiger partial charge on any atom is 0.417 e. The summed E-state index contributed by atoms with van der Waals surface area (Å²) in [6.45, 7) is 4.29. The van der Waals surface area contributed by atoms with Crippen LogP contribution in [0.1, 0.15) is 55.9 Å². The zero-order valence-electron chi connectivity index (χ0n) is 19.1. The molecule has 0 fully saturated rings. The van der Waals surface area contributed by atoms with Gasteiger partial charge in [-0.3, -0.25) is 9.59 Å². The number of carbonyl (C=O) groups excluding carboxylic acids is 2. The molecule has 0 aliphatic carbocycles. The lowest BCUT2D eigenvalue weighted by Crippen LogP contribution is -2.31. The molecule has 0 aliphatic heterocycles. The average molecular weight is 489 g/mol. The van der Waals surface area contributed by atoms with E-state index < -0.39 is 64.5 Å². The molecule has 0 bridgehead atoms. The lowest BCUT2D eigenvalue weighted by Gasteiger charge is -2.29. The highest BCUT2D eigenvalue weighted by Crippen LogP contribution is 2.49. The fourth-order valence-electron chi connectivity index (χ4n) is 3.84. The monoisotopic (exact) mass is 489 g/mol. The van der Waals surface area contributed by atoms with Crippen LogP contribution in [-0.4, -0.2) is 29.9 Å². The molecule has 0 aromatic heterocycles. The third-order valence-corrected chi connectivity index (χ3v) is 5.36. The van der Waals surface area contributed by atoms with Crippen molar-refractivity contribution in [2.75, 3.05) is 13.2 Å². The third kappa shape index (κ3) is 5.90. The lowest BCUT2D eigenvalue weighted by molar-refractivity contribution is -0.149. The van der Waals surface area contributed by atoms with Crippen molar-refractivity contribution in [3.8, 4) is 11.1 Å². The predicted octanol–water partition coefficient (Wildman–Crippen LogP) is 6.43. The van der Waals surface area contributed by atoms with Crippen molar-refractivity contribution in [3.63, 3.8) is 0 Å². The molecule has 34 heavy (non-hydrogen) atoms. The van der Waals surface area contributed by atoms with Crippen LogP contribution < -0.4 is 0 Å². The first kappa shape index (κ1) is 27.2. The molecule has 0 spiro atoms. The Labute approximate surface area is 193 Å². The highest BCUT2D eigenvalue weighted by atomic mass is 19.4. The summed E-state index contributed by atoms with van der Waals surface area (Å²) in [7, 11) is 0. The van der Waals surface area contributed by atoms with Crippen molar-refractivity contribution in [1.82, 2.24) is 4.90 Å². The second-order valence-electron chi connectivity index (χ2n) is 7.62. The second-order valence-corrected chi connectivity index (χ2v) is 7.62. The molecule has 10 heteroatoms. The Hall–Kier alpha value is -3.04. The van der Waals surface area contributed by atoms with Gasteiger partial charge in [-0.1, -0.05) is 30.3 Å². The number of amides is 1. The van der Waals surface area contributed by atoms with Gasteiger partial charge < -0.3 is 9.64 Å². The largest absolute Gasteiger partial charge is 0.466 e. The summed E-state index contributed by atoms with van der Waals surface area (Å²) >= 11 is 0. The number of ether oxygens (including phenoxy) is 1. The maximum atomic E-state index is 14.4. The zero-order chi connectivity index (χ0) is 25.8. The molecule has 0 N–H and O–H groups in total. The molecular weight excluding hydrogens is 464 g/mol. The van der Waals surface area contributed by atoms with Gasteiger partial charge in [0.05, 0.1) is 23.7 Å². The summed E-state index contributed by atoms with van der Waals surface area (Å²) in [6.07, 6.45) is -10.5.